The Bertz CT molecular complexity index is 443. The normalized spacial score (nSPS) is 20.8. The summed E-state index contributed by atoms with van der Waals surface area (Å²) in [5.41, 5.74) is 1.06. The van der Waals surface area contributed by atoms with E-state index >= 15 is 0 Å². The van der Waals surface area contributed by atoms with Crippen molar-refractivity contribution in [2.45, 2.75) is 19.3 Å². The van der Waals surface area contributed by atoms with Crippen LogP contribution in [0.4, 0.5) is 0 Å². The van der Waals surface area contributed by atoms with Crippen molar-refractivity contribution in [3.05, 3.63) is 35.4 Å². The van der Waals surface area contributed by atoms with Gasteiger partial charge in [-0.25, -0.2) is 10.0 Å². The second kappa shape index (κ2) is 3.96. The van der Waals surface area contributed by atoms with Crippen molar-refractivity contribution in [2.75, 3.05) is 13.1 Å². The van der Waals surface area contributed by atoms with Gasteiger partial charge in [-0.2, -0.15) is 0 Å². The first-order chi connectivity index (χ1) is 8.29. The maximum atomic E-state index is 12.2. The van der Waals surface area contributed by atoms with Gasteiger partial charge >= 0.3 is 0 Å². The summed E-state index contributed by atoms with van der Waals surface area (Å²) in [6.07, 6.45) is 3.28. The third kappa shape index (κ3) is 1.56. The Morgan fingerprint density at radius 1 is 0.824 bits per heavy atom. The average Bonchev–Trinajstić information content (AvgIpc) is 2.64. The molecule has 17 heavy (non-hydrogen) atoms. The number of rotatable bonds is 1. The highest BCUT2D eigenvalue weighted by atomic mass is 16.2. The van der Waals surface area contributed by atoms with Gasteiger partial charge in [-0.15, -0.1) is 0 Å². The molecular weight excluding hydrogens is 216 g/mol. The molecule has 0 N–H and O–H groups in total. The van der Waals surface area contributed by atoms with Gasteiger partial charge in [-0.05, 0) is 25.0 Å². The Kier molecular flexibility index (Phi) is 2.44. The molecule has 0 radical (unpaired) electrons. The van der Waals surface area contributed by atoms with Crippen LogP contribution in [0.15, 0.2) is 24.3 Å². The Morgan fingerprint density at radius 2 is 1.35 bits per heavy atom. The van der Waals surface area contributed by atoms with Crippen LogP contribution < -0.4 is 0 Å². The minimum absolute atomic E-state index is 0.174. The van der Waals surface area contributed by atoms with Gasteiger partial charge in [-0.1, -0.05) is 18.6 Å². The van der Waals surface area contributed by atoms with Crippen molar-refractivity contribution in [3.8, 4) is 0 Å². The molecule has 2 amide bonds. The standard InChI is InChI=1S/C13H14N2O2/c16-12-10-6-2-3-7-11(10)13(17)15(12)14-8-4-1-5-9-14/h2-3,6-7H,1,4-5,8-9H2. The van der Waals surface area contributed by atoms with Crippen molar-refractivity contribution in [1.82, 2.24) is 10.0 Å². The molecule has 0 unspecified atom stereocenters. The average molecular weight is 230 g/mol. The minimum atomic E-state index is -0.174. The number of imide groups is 1. The summed E-state index contributed by atoms with van der Waals surface area (Å²) in [6, 6.07) is 7.03. The van der Waals surface area contributed by atoms with Crippen LogP contribution in [0, 0.1) is 0 Å². The van der Waals surface area contributed by atoms with Crippen molar-refractivity contribution in [1.29, 1.82) is 0 Å². The number of benzene rings is 1. The predicted octanol–water partition coefficient (Wildman–Crippen LogP) is 1.68. The lowest BCUT2D eigenvalue weighted by Crippen LogP contribution is -2.48. The third-order valence-electron chi connectivity index (χ3n) is 3.39. The van der Waals surface area contributed by atoms with E-state index in [0.29, 0.717) is 11.1 Å². The largest absolute Gasteiger partial charge is 0.276 e. The molecule has 0 aliphatic carbocycles. The highest BCUT2D eigenvalue weighted by Gasteiger charge is 2.39. The Labute approximate surface area is 99.8 Å². The molecule has 0 spiro atoms. The van der Waals surface area contributed by atoms with Gasteiger partial charge in [0.1, 0.15) is 0 Å². The van der Waals surface area contributed by atoms with E-state index in [9.17, 15) is 9.59 Å². The molecule has 4 heteroatoms. The van der Waals surface area contributed by atoms with Gasteiger partial charge in [0.2, 0.25) is 0 Å². The summed E-state index contributed by atoms with van der Waals surface area (Å²) in [7, 11) is 0. The smallest absolute Gasteiger partial charge is 0.267 e. The van der Waals surface area contributed by atoms with Crippen LogP contribution in [-0.4, -0.2) is 34.9 Å². The minimum Gasteiger partial charge on any atom is -0.267 e. The van der Waals surface area contributed by atoms with Crippen LogP contribution >= 0.6 is 0 Å². The van der Waals surface area contributed by atoms with Crippen molar-refractivity contribution in [2.24, 2.45) is 0 Å². The second-order valence-corrected chi connectivity index (χ2v) is 4.48. The molecule has 0 saturated carbocycles. The number of carbonyl (C=O) groups is 2. The van der Waals surface area contributed by atoms with Crippen molar-refractivity contribution in [3.63, 3.8) is 0 Å². The summed E-state index contributed by atoms with van der Waals surface area (Å²) in [6.45, 7) is 1.59. The number of nitrogens with zero attached hydrogens (tertiary/aromatic N) is 2. The Balaban J connectivity index is 1.94. The molecule has 88 valence electrons. The van der Waals surface area contributed by atoms with Crippen LogP contribution in [-0.2, 0) is 0 Å². The fourth-order valence-electron chi connectivity index (χ4n) is 2.51. The molecule has 3 rings (SSSR count). The highest BCUT2D eigenvalue weighted by Crippen LogP contribution is 2.25. The van der Waals surface area contributed by atoms with E-state index in [-0.39, 0.29) is 11.8 Å². The first-order valence-corrected chi connectivity index (χ1v) is 6.02. The second-order valence-electron chi connectivity index (χ2n) is 4.48. The lowest BCUT2D eigenvalue weighted by Gasteiger charge is -2.32. The SMILES string of the molecule is O=C1c2ccccc2C(=O)N1N1CCCCC1. The summed E-state index contributed by atoms with van der Waals surface area (Å²) in [5.74, 6) is -0.347. The van der Waals surface area contributed by atoms with E-state index in [1.165, 1.54) is 11.4 Å². The van der Waals surface area contributed by atoms with Gasteiger partial charge in [0.15, 0.2) is 0 Å². The van der Waals surface area contributed by atoms with Gasteiger partial charge in [-0.3, -0.25) is 9.59 Å². The zero-order valence-corrected chi connectivity index (χ0v) is 9.56. The molecule has 2 heterocycles. The summed E-state index contributed by atoms with van der Waals surface area (Å²) in [4.78, 5) is 24.3. The Morgan fingerprint density at radius 3 is 1.88 bits per heavy atom. The maximum absolute atomic E-state index is 12.2. The maximum Gasteiger partial charge on any atom is 0.276 e. The number of amides is 2. The quantitative estimate of drug-likeness (QED) is 0.689. The van der Waals surface area contributed by atoms with E-state index in [0.717, 1.165) is 25.9 Å². The van der Waals surface area contributed by atoms with Crippen LogP contribution in [0.25, 0.3) is 0 Å². The molecule has 0 atom stereocenters. The van der Waals surface area contributed by atoms with Crippen LogP contribution in [0.3, 0.4) is 0 Å². The zero-order valence-electron chi connectivity index (χ0n) is 9.56. The molecule has 4 nitrogen and oxygen atoms in total. The van der Waals surface area contributed by atoms with Crippen molar-refractivity contribution >= 4 is 11.8 Å². The number of piperidine rings is 1. The molecule has 1 aromatic carbocycles. The fourth-order valence-corrected chi connectivity index (χ4v) is 2.51. The number of carbonyl (C=O) groups excluding carboxylic acids is 2. The van der Waals surface area contributed by atoms with Crippen LogP contribution in [0.5, 0.6) is 0 Å². The number of hydrazine groups is 1. The Hall–Kier alpha value is -1.68. The van der Waals surface area contributed by atoms with E-state index in [2.05, 4.69) is 0 Å². The van der Waals surface area contributed by atoms with E-state index in [4.69, 9.17) is 0 Å². The summed E-state index contributed by atoms with van der Waals surface area (Å²) in [5, 5.41) is 3.21. The summed E-state index contributed by atoms with van der Waals surface area (Å²) >= 11 is 0. The molecule has 0 aromatic heterocycles. The van der Waals surface area contributed by atoms with Gasteiger partial charge in [0.05, 0.1) is 11.1 Å². The molecule has 2 aliphatic rings. The first-order valence-electron chi connectivity index (χ1n) is 6.02. The monoisotopic (exact) mass is 230 g/mol. The van der Waals surface area contributed by atoms with Crippen LogP contribution in [0.2, 0.25) is 0 Å². The predicted molar refractivity (Wildman–Crippen MR) is 62.4 cm³/mol. The van der Waals surface area contributed by atoms with Gasteiger partial charge < -0.3 is 0 Å². The molecule has 0 bridgehead atoms. The zero-order chi connectivity index (χ0) is 11.8. The van der Waals surface area contributed by atoms with E-state index in [1.807, 2.05) is 5.01 Å². The lowest BCUT2D eigenvalue weighted by atomic mass is 10.1. The van der Waals surface area contributed by atoms with Crippen LogP contribution in [0.1, 0.15) is 40.0 Å². The van der Waals surface area contributed by atoms with Gasteiger partial charge in [0.25, 0.3) is 11.8 Å². The molecular formula is C13H14N2O2. The molecule has 1 aromatic rings. The lowest BCUT2D eigenvalue weighted by molar-refractivity contribution is -0.00682. The highest BCUT2D eigenvalue weighted by molar-refractivity contribution is 6.20. The number of fused-ring (bicyclic) bond motifs is 1. The third-order valence-corrected chi connectivity index (χ3v) is 3.39. The number of hydrogen-bond acceptors (Lipinski definition) is 3. The molecule has 2 aliphatic heterocycles. The van der Waals surface area contributed by atoms with Gasteiger partial charge in [0, 0.05) is 13.1 Å². The molecule has 1 fully saturated rings. The first kappa shape index (κ1) is 10.5. The van der Waals surface area contributed by atoms with E-state index in [1.54, 1.807) is 24.3 Å². The van der Waals surface area contributed by atoms with E-state index < -0.39 is 0 Å². The molecule has 1 saturated heterocycles. The van der Waals surface area contributed by atoms with Crippen molar-refractivity contribution < 1.29 is 9.59 Å². The fraction of sp³-hybridized carbons (Fsp3) is 0.385. The topological polar surface area (TPSA) is 40.6 Å². The summed E-state index contributed by atoms with van der Waals surface area (Å²) < 4.78 is 0. The number of hydrogen-bond donors (Lipinski definition) is 0.